The number of methoxy groups -OCH3 is 1. The van der Waals surface area contributed by atoms with Crippen molar-refractivity contribution in [1.29, 1.82) is 0 Å². The number of thiocarbonyl (C=S) groups is 1. The highest BCUT2D eigenvalue weighted by atomic mass is 32.1. The molecule has 1 aliphatic carbocycles. The smallest absolute Gasteiger partial charge is 0.414 e. The van der Waals surface area contributed by atoms with Gasteiger partial charge in [0, 0.05) is 26.2 Å². The van der Waals surface area contributed by atoms with E-state index < -0.39 is 18.0 Å². The SMILES string of the molecule is CN=CN(CCNC1CCC1)c1ccc(N2CC(CNC(=S)OC)OC2=O)cc1F. The Labute approximate surface area is 181 Å². The van der Waals surface area contributed by atoms with Crippen LogP contribution in [-0.2, 0) is 9.47 Å². The lowest BCUT2D eigenvalue weighted by molar-refractivity contribution is 0.142. The van der Waals surface area contributed by atoms with E-state index in [-0.39, 0.29) is 5.17 Å². The summed E-state index contributed by atoms with van der Waals surface area (Å²) in [5, 5.41) is 6.55. The molecule has 1 saturated carbocycles. The van der Waals surface area contributed by atoms with Gasteiger partial charge >= 0.3 is 6.09 Å². The Morgan fingerprint density at radius 2 is 2.30 bits per heavy atom. The van der Waals surface area contributed by atoms with Crippen LogP contribution >= 0.6 is 12.2 Å². The second-order valence-corrected chi connectivity index (χ2v) is 7.64. The van der Waals surface area contributed by atoms with Crippen LogP contribution in [0.3, 0.4) is 0 Å². The van der Waals surface area contributed by atoms with Crippen LogP contribution < -0.4 is 20.4 Å². The summed E-state index contributed by atoms with van der Waals surface area (Å²) in [6.45, 7) is 1.96. The zero-order valence-corrected chi connectivity index (χ0v) is 18.1. The topological polar surface area (TPSA) is 78.4 Å². The molecule has 1 aromatic rings. The van der Waals surface area contributed by atoms with Crippen LogP contribution in [-0.4, -0.2) is 70.1 Å². The van der Waals surface area contributed by atoms with Gasteiger partial charge in [0.2, 0.25) is 0 Å². The third-order valence-electron chi connectivity index (χ3n) is 5.23. The van der Waals surface area contributed by atoms with Gasteiger partial charge in [-0.2, -0.15) is 0 Å². The monoisotopic (exact) mass is 437 g/mol. The van der Waals surface area contributed by atoms with E-state index in [4.69, 9.17) is 21.7 Å². The van der Waals surface area contributed by atoms with E-state index in [2.05, 4.69) is 15.6 Å². The van der Waals surface area contributed by atoms with E-state index >= 15 is 0 Å². The number of ether oxygens (including phenoxy) is 2. The molecule has 1 aromatic carbocycles. The largest absolute Gasteiger partial charge is 0.474 e. The molecule has 30 heavy (non-hydrogen) atoms. The third-order valence-corrected chi connectivity index (χ3v) is 5.54. The zero-order chi connectivity index (χ0) is 21.5. The van der Waals surface area contributed by atoms with Crippen molar-refractivity contribution in [2.24, 2.45) is 4.99 Å². The molecule has 10 heteroatoms. The fourth-order valence-electron chi connectivity index (χ4n) is 3.39. The number of hydrogen-bond donors (Lipinski definition) is 2. The highest BCUT2D eigenvalue weighted by molar-refractivity contribution is 7.80. The van der Waals surface area contributed by atoms with Crippen molar-refractivity contribution < 1.29 is 18.7 Å². The first-order valence-electron chi connectivity index (χ1n) is 10.0. The Kier molecular flexibility index (Phi) is 7.81. The van der Waals surface area contributed by atoms with Gasteiger partial charge in [0.05, 0.1) is 37.9 Å². The minimum atomic E-state index is -0.519. The van der Waals surface area contributed by atoms with E-state index in [1.807, 2.05) is 0 Å². The van der Waals surface area contributed by atoms with E-state index in [0.29, 0.717) is 37.1 Å². The molecule has 0 aromatic heterocycles. The molecule has 1 unspecified atom stereocenters. The van der Waals surface area contributed by atoms with Gasteiger partial charge in [-0.1, -0.05) is 6.42 Å². The van der Waals surface area contributed by atoms with Gasteiger partial charge in [0.15, 0.2) is 0 Å². The first-order chi connectivity index (χ1) is 14.5. The number of nitrogens with one attached hydrogen (secondary N) is 2. The van der Waals surface area contributed by atoms with Crippen molar-refractivity contribution in [2.45, 2.75) is 31.4 Å². The maximum absolute atomic E-state index is 14.9. The lowest BCUT2D eigenvalue weighted by Crippen LogP contribution is -2.40. The molecule has 0 spiro atoms. The molecule has 2 aliphatic rings. The van der Waals surface area contributed by atoms with Gasteiger partial charge < -0.3 is 25.0 Å². The Morgan fingerprint density at radius 1 is 1.50 bits per heavy atom. The van der Waals surface area contributed by atoms with Crippen molar-refractivity contribution in [1.82, 2.24) is 10.6 Å². The molecule has 0 radical (unpaired) electrons. The molecule has 1 amide bonds. The number of cyclic esters (lactones) is 1. The quantitative estimate of drug-likeness (QED) is 0.349. The number of amides is 1. The molecule has 8 nitrogen and oxygen atoms in total. The van der Waals surface area contributed by atoms with E-state index in [1.54, 1.807) is 30.4 Å². The second kappa shape index (κ2) is 10.5. The van der Waals surface area contributed by atoms with E-state index in [9.17, 15) is 9.18 Å². The number of aliphatic imine (C=N–C) groups is 1. The lowest BCUT2D eigenvalue weighted by Gasteiger charge is -2.28. The minimum Gasteiger partial charge on any atom is -0.474 e. The molecule has 3 rings (SSSR count). The number of carbonyl (C=O) groups excluding carboxylic acids is 1. The summed E-state index contributed by atoms with van der Waals surface area (Å²) in [4.78, 5) is 19.4. The summed E-state index contributed by atoms with van der Waals surface area (Å²) >= 11 is 4.92. The van der Waals surface area contributed by atoms with Gasteiger partial charge in [-0.15, -0.1) is 0 Å². The Morgan fingerprint density at radius 3 is 2.93 bits per heavy atom. The average molecular weight is 438 g/mol. The van der Waals surface area contributed by atoms with Crippen LogP contribution in [0, 0.1) is 5.82 Å². The summed E-state index contributed by atoms with van der Waals surface area (Å²) in [5.74, 6) is -0.425. The summed E-state index contributed by atoms with van der Waals surface area (Å²) in [5.41, 5.74) is 0.857. The molecule has 1 saturated heterocycles. The molecular weight excluding hydrogens is 409 g/mol. The zero-order valence-electron chi connectivity index (χ0n) is 17.3. The molecule has 0 bridgehead atoms. The lowest BCUT2D eigenvalue weighted by atomic mass is 9.93. The summed E-state index contributed by atoms with van der Waals surface area (Å²) < 4.78 is 25.1. The average Bonchev–Trinajstić information content (AvgIpc) is 3.07. The molecule has 2 N–H and O–H groups in total. The highest BCUT2D eigenvalue weighted by Crippen LogP contribution is 2.27. The van der Waals surface area contributed by atoms with Crippen molar-refractivity contribution in [3.63, 3.8) is 0 Å². The fourth-order valence-corrected chi connectivity index (χ4v) is 3.47. The maximum Gasteiger partial charge on any atom is 0.414 e. The summed E-state index contributed by atoms with van der Waals surface area (Å²) in [6, 6.07) is 5.29. The third kappa shape index (κ3) is 5.57. The number of hydrogen-bond acceptors (Lipinski definition) is 6. The first kappa shape index (κ1) is 22.2. The van der Waals surface area contributed by atoms with Crippen molar-refractivity contribution in [3.8, 4) is 0 Å². The van der Waals surface area contributed by atoms with Crippen LogP contribution in [0.1, 0.15) is 19.3 Å². The van der Waals surface area contributed by atoms with Gasteiger partial charge in [0.25, 0.3) is 5.17 Å². The number of carbonyl (C=O) groups is 1. The molecule has 1 atom stereocenters. The molecular formula is C20H28FN5O3S. The number of nitrogens with zero attached hydrogens (tertiary/aromatic N) is 3. The van der Waals surface area contributed by atoms with Gasteiger partial charge in [-0.3, -0.25) is 9.89 Å². The van der Waals surface area contributed by atoms with Crippen LogP contribution in [0.15, 0.2) is 23.2 Å². The Hall–Kier alpha value is -2.46. The molecule has 164 valence electrons. The maximum atomic E-state index is 14.9. The van der Waals surface area contributed by atoms with Crippen LogP contribution in [0.5, 0.6) is 0 Å². The first-order valence-corrected chi connectivity index (χ1v) is 10.4. The summed E-state index contributed by atoms with van der Waals surface area (Å²) in [7, 11) is 3.12. The van der Waals surface area contributed by atoms with E-state index in [1.165, 1.54) is 37.3 Å². The molecule has 1 heterocycles. The number of benzene rings is 1. The standard InChI is InChI=1S/C20H28FN5O3S/c1-22-13-25(9-8-23-14-4-3-5-14)18-7-6-15(10-17(18)21)26-12-16(29-20(26)27)11-24-19(30)28-2/h6-7,10,13-14,16,23H,3-5,8-9,11-12H2,1-2H3,(H,24,30). The minimum absolute atomic E-state index is 0.226. The Bertz CT molecular complexity index is 790. The predicted molar refractivity (Wildman–Crippen MR) is 119 cm³/mol. The number of halogens is 1. The molecule has 2 fully saturated rings. The van der Waals surface area contributed by atoms with Crippen LogP contribution in [0.4, 0.5) is 20.6 Å². The normalized spacial score (nSPS) is 19.0. The fraction of sp³-hybridized carbons (Fsp3) is 0.550. The van der Waals surface area contributed by atoms with Gasteiger partial charge in [-0.05, 0) is 43.3 Å². The van der Waals surface area contributed by atoms with Crippen LogP contribution in [0.2, 0.25) is 0 Å². The highest BCUT2D eigenvalue weighted by Gasteiger charge is 2.33. The second-order valence-electron chi connectivity index (χ2n) is 7.27. The van der Waals surface area contributed by atoms with Gasteiger partial charge in [-0.25, -0.2) is 9.18 Å². The van der Waals surface area contributed by atoms with Crippen molar-refractivity contribution in [3.05, 3.63) is 24.0 Å². The van der Waals surface area contributed by atoms with Crippen LogP contribution in [0.25, 0.3) is 0 Å². The predicted octanol–water partition coefficient (Wildman–Crippen LogP) is 2.28. The van der Waals surface area contributed by atoms with Crippen molar-refractivity contribution >= 4 is 41.2 Å². The summed E-state index contributed by atoms with van der Waals surface area (Å²) in [6.07, 6.45) is 4.35. The van der Waals surface area contributed by atoms with E-state index in [0.717, 1.165) is 6.54 Å². The number of rotatable bonds is 9. The van der Waals surface area contributed by atoms with Gasteiger partial charge in [0.1, 0.15) is 11.9 Å². The Balaban J connectivity index is 1.62. The molecule has 1 aliphatic heterocycles. The number of anilines is 2. The van der Waals surface area contributed by atoms with Crippen molar-refractivity contribution in [2.75, 3.05) is 50.1 Å².